The first-order valence-electron chi connectivity index (χ1n) is 9.03. The summed E-state index contributed by atoms with van der Waals surface area (Å²) in [5.41, 5.74) is 4.50. The number of hydrogen-bond donors (Lipinski definition) is 1. The Labute approximate surface area is 151 Å². The Morgan fingerprint density at radius 2 is 1.76 bits per heavy atom. The number of carbonyl (C=O) groups excluding carboxylic acids is 1. The molecule has 1 N–H and O–H groups in total. The van der Waals surface area contributed by atoms with Crippen molar-refractivity contribution in [1.82, 2.24) is 9.78 Å². The van der Waals surface area contributed by atoms with Gasteiger partial charge in [-0.3, -0.25) is 9.48 Å². The van der Waals surface area contributed by atoms with Crippen molar-refractivity contribution < 1.29 is 4.79 Å². The zero-order chi connectivity index (χ0) is 18.9. The number of anilines is 1. The molecule has 2 aromatic rings. The standard InChI is InChI=1S/C21H31N3O/c1-13(2)16-11-9-10-15(5)19(16)22-20(25)17-12-18(14(3)4)24(23-17)21(6,7)8/h9-14H,1-8H3,(H,22,25). The number of aryl methyl sites for hydroxylation is 1. The van der Waals surface area contributed by atoms with E-state index in [1.165, 1.54) is 0 Å². The van der Waals surface area contributed by atoms with Crippen molar-refractivity contribution in [2.75, 3.05) is 5.32 Å². The summed E-state index contributed by atoms with van der Waals surface area (Å²) in [4.78, 5) is 12.9. The van der Waals surface area contributed by atoms with Crippen LogP contribution in [0.5, 0.6) is 0 Å². The minimum absolute atomic E-state index is 0.152. The van der Waals surface area contributed by atoms with Crippen LogP contribution in [0.3, 0.4) is 0 Å². The number of carbonyl (C=O) groups is 1. The van der Waals surface area contributed by atoms with Crippen LogP contribution in [0.4, 0.5) is 5.69 Å². The number of rotatable bonds is 4. The van der Waals surface area contributed by atoms with E-state index < -0.39 is 0 Å². The molecule has 0 aliphatic carbocycles. The third-order valence-electron chi connectivity index (χ3n) is 4.36. The number of aromatic nitrogens is 2. The largest absolute Gasteiger partial charge is 0.320 e. The number of hydrogen-bond acceptors (Lipinski definition) is 2. The number of nitrogens with one attached hydrogen (secondary N) is 1. The van der Waals surface area contributed by atoms with Crippen LogP contribution >= 0.6 is 0 Å². The molecule has 4 nitrogen and oxygen atoms in total. The third kappa shape index (κ3) is 4.12. The molecule has 0 aliphatic heterocycles. The van der Waals surface area contributed by atoms with Crippen LogP contribution < -0.4 is 5.32 Å². The summed E-state index contributed by atoms with van der Waals surface area (Å²) >= 11 is 0. The van der Waals surface area contributed by atoms with Gasteiger partial charge in [0.15, 0.2) is 5.69 Å². The summed E-state index contributed by atoms with van der Waals surface area (Å²) in [6.45, 7) is 16.8. The molecule has 1 amide bonds. The summed E-state index contributed by atoms with van der Waals surface area (Å²) in [6.07, 6.45) is 0. The second-order valence-corrected chi connectivity index (χ2v) is 8.34. The second kappa shape index (κ2) is 7.03. The molecule has 1 aromatic carbocycles. The zero-order valence-electron chi connectivity index (χ0n) is 16.8. The van der Waals surface area contributed by atoms with Crippen LogP contribution in [0.1, 0.15) is 87.6 Å². The Balaban J connectivity index is 2.41. The first kappa shape index (κ1) is 19.2. The van der Waals surface area contributed by atoms with Crippen LogP contribution in [0, 0.1) is 6.92 Å². The minimum Gasteiger partial charge on any atom is -0.320 e. The predicted molar refractivity (Wildman–Crippen MR) is 105 cm³/mol. The second-order valence-electron chi connectivity index (χ2n) is 8.34. The van der Waals surface area contributed by atoms with Crippen molar-refractivity contribution in [3.63, 3.8) is 0 Å². The van der Waals surface area contributed by atoms with E-state index in [9.17, 15) is 4.79 Å². The lowest BCUT2D eigenvalue weighted by atomic mass is 9.98. The summed E-state index contributed by atoms with van der Waals surface area (Å²) in [5.74, 6) is 0.493. The Kier molecular flexibility index (Phi) is 5.40. The zero-order valence-corrected chi connectivity index (χ0v) is 16.8. The lowest BCUT2D eigenvalue weighted by molar-refractivity contribution is 0.102. The Morgan fingerprint density at radius 3 is 2.24 bits per heavy atom. The molecule has 0 radical (unpaired) electrons. The molecule has 0 saturated heterocycles. The molecule has 0 saturated carbocycles. The fourth-order valence-corrected chi connectivity index (χ4v) is 2.97. The fraction of sp³-hybridized carbons (Fsp3) is 0.524. The average molecular weight is 341 g/mol. The summed E-state index contributed by atoms with van der Waals surface area (Å²) in [5, 5.41) is 7.70. The van der Waals surface area contributed by atoms with E-state index in [0.29, 0.717) is 17.5 Å². The van der Waals surface area contributed by atoms with Gasteiger partial charge in [0.05, 0.1) is 5.54 Å². The summed E-state index contributed by atoms with van der Waals surface area (Å²) < 4.78 is 1.97. The monoisotopic (exact) mass is 341 g/mol. The molecular formula is C21H31N3O. The van der Waals surface area contributed by atoms with Gasteiger partial charge in [0, 0.05) is 11.4 Å². The number of nitrogens with zero attached hydrogens (tertiary/aromatic N) is 2. The third-order valence-corrected chi connectivity index (χ3v) is 4.36. The Bertz CT molecular complexity index is 764. The van der Waals surface area contributed by atoms with Crippen molar-refractivity contribution in [3.05, 3.63) is 46.8 Å². The molecule has 0 fully saturated rings. The highest BCUT2D eigenvalue weighted by Crippen LogP contribution is 2.29. The van der Waals surface area contributed by atoms with Gasteiger partial charge in [-0.15, -0.1) is 0 Å². The van der Waals surface area contributed by atoms with Gasteiger partial charge in [0.1, 0.15) is 0 Å². The first-order chi connectivity index (χ1) is 11.5. The number of para-hydroxylation sites is 1. The van der Waals surface area contributed by atoms with Gasteiger partial charge in [-0.25, -0.2) is 0 Å². The van der Waals surface area contributed by atoms with Crippen molar-refractivity contribution in [3.8, 4) is 0 Å². The fourth-order valence-electron chi connectivity index (χ4n) is 2.97. The summed E-state index contributed by atoms with van der Waals surface area (Å²) in [6, 6.07) is 8.04. The van der Waals surface area contributed by atoms with E-state index in [4.69, 9.17) is 0 Å². The molecule has 0 atom stereocenters. The van der Waals surface area contributed by atoms with E-state index in [1.54, 1.807) is 0 Å². The highest BCUT2D eigenvalue weighted by molar-refractivity contribution is 6.03. The van der Waals surface area contributed by atoms with Crippen LogP contribution in [0.25, 0.3) is 0 Å². The van der Waals surface area contributed by atoms with Gasteiger partial charge in [-0.2, -0.15) is 5.10 Å². The quantitative estimate of drug-likeness (QED) is 0.804. The van der Waals surface area contributed by atoms with Crippen molar-refractivity contribution in [2.24, 2.45) is 0 Å². The molecular weight excluding hydrogens is 310 g/mol. The number of benzene rings is 1. The smallest absolute Gasteiger partial charge is 0.276 e. The van der Waals surface area contributed by atoms with E-state index >= 15 is 0 Å². The van der Waals surface area contributed by atoms with Crippen molar-refractivity contribution in [1.29, 1.82) is 0 Å². The van der Waals surface area contributed by atoms with E-state index in [1.807, 2.05) is 29.8 Å². The molecule has 0 spiro atoms. The van der Waals surface area contributed by atoms with Gasteiger partial charge < -0.3 is 5.32 Å². The first-order valence-corrected chi connectivity index (χ1v) is 9.03. The van der Waals surface area contributed by atoms with E-state index in [-0.39, 0.29) is 11.4 Å². The van der Waals surface area contributed by atoms with E-state index in [0.717, 1.165) is 22.5 Å². The highest BCUT2D eigenvalue weighted by Gasteiger charge is 2.24. The maximum Gasteiger partial charge on any atom is 0.276 e. The van der Waals surface area contributed by atoms with Crippen LogP contribution in [0.15, 0.2) is 24.3 Å². The molecule has 0 bridgehead atoms. The Hall–Kier alpha value is -2.10. The molecule has 0 unspecified atom stereocenters. The highest BCUT2D eigenvalue weighted by atomic mass is 16.2. The maximum atomic E-state index is 12.9. The number of amides is 1. The van der Waals surface area contributed by atoms with Crippen molar-refractivity contribution in [2.45, 2.75) is 72.8 Å². The van der Waals surface area contributed by atoms with Gasteiger partial charge in [-0.05, 0) is 56.7 Å². The van der Waals surface area contributed by atoms with E-state index in [2.05, 4.69) is 64.9 Å². The van der Waals surface area contributed by atoms with Crippen molar-refractivity contribution >= 4 is 11.6 Å². The summed E-state index contributed by atoms with van der Waals surface area (Å²) in [7, 11) is 0. The minimum atomic E-state index is -0.163. The SMILES string of the molecule is Cc1cccc(C(C)C)c1NC(=O)c1cc(C(C)C)n(C(C)(C)C)n1. The topological polar surface area (TPSA) is 46.9 Å². The van der Waals surface area contributed by atoms with Gasteiger partial charge in [0.25, 0.3) is 5.91 Å². The lowest BCUT2D eigenvalue weighted by Gasteiger charge is -2.23. The molecule has 1 heterocycles. The average Bonchev–Trinajstić information content (AvgIpc) is 2.94. The van der Waals surface area contributed by atoms with Gasteiger partial charge in [0.2, 0.25) is 0 Å². The normalized spacial score (nSPS) is 12.1. The maximum absolute atomic E-state index is 12.9. The van der Waals surface area contributed by atoms with Crippen LogP contribution in [-0.4, -0.2) is 15.7 Å². The van der Waals surface area contributed by atoms with Crippen LogP contribution in [-0.2, 0) is 5.54 Å². The predicted octanol–water partition coefficient (Wildman–Crippen LogP) is 5.45. The molecule has 2 rings (SSSR count). The molecule has 1 aromatic heterocycles. The van der Waals surface area contributed by atoms with Gasteiger partial charge in [-0.1, -0.05) is 45.9 Å². The molecule has 25 heavy (non-hydrogen) atoms. The molecule has 0 aliphatic rings. The lowest BCUT2D eigenvalue weighted by Crippen LogP contribution is -2.26. The van der Waals surface area contributed by atoms with Gasteiger partial charge >= 0.3 is 0 Å². The van der Waals surface area contributed by atoms with Crippen LogP contribution in [0.2, 0.25) is 0 Å². The Morgan fingerprint density at radius 1 is 1.12 bits per heavy atom. The molecule has 4 heteroatoms. The molecule has 136 valence electrons.